The molecule has 0 spiro atoms. The van der Waals surface area contributed by atoms with E-state index in [1.165, 1.54) is 25.7 Å². The normalized spacial score (nSPS) is 10.7. The van der Waals surface area contributed by atoms with E-state index >= 15 is 0 Å². The highest BCUT2D eigenvalue weighted by Gasteiger charge is 1.92. The first-order valence-corrected chi connectivity index (χ1v) is 5.48. The monoisotopic (exact) mass is 216 g/mol. The van der Waals surface area contributed by atoms with Crippen molar-refractivity contribution in [1.82, 2.24) is 0 Å². The minimum atomic E-state index is -0.998. The molecule has 0 bridgehead atoms. The van der Waals surface area contributed by atoms with Crippen LogP contribution in [-0.4, -0.2) is 24.2 Å². The Hall–Kier alpha value is -1.13. The van der Waals surface area contributed by atoms with Crippen LogP contribution in [0.3, 0.4) is 0 Å². The number of nitrogens with zero attached hydrogens (tertiary/aromatic N) is 2. The van der Waals surface area contributed by atoms with Crippen LogP contribution in [0.25, 0.3) is 0 Å². The Morgan fingerprint density at radius 2 is 1.87 bits per heavy atom. The van der Waals surface area contributed by atoms with Crippen LogP contribution in [-0.2, 0) is 9.63 Å². The van der Waals surface area contributed by atoms with Crippen molar-refractivity contribution in [1.29, 1.82) is 0 Å². The molecule has 1 N–H and O–H groups in total. The minimum Gasteiger partial charge on any atom is -0.480 e. The van der Waals surface area contributed by atoms with Crippen molar-refractivity contribution < 1.29 is 14.7 Å². The number of hydrogen-bond donors (Lipinski definition) is 1. The summed E-state index contributed by atoms with van der Waals surface area (Å²) in [5, 5.41) is 14.8. The minimum absolute atomic E-state index is 0.323. The number of unbranched alkanes of at least 4 members (excludes halogenated alkanes) is 5. The van der Waals surface area contributed by atoms with Gasteiger partial charge in [0.2, 0.25) is 0 Å². The second-order valence-corrected chi connectivity index (χ2v) is 3.38. The molecular formula is C10H20N2O3. The van der Waals surface area contributed by atoms with Crippen molar-refractivity contribution in [3.8, 4) is 0 Å². The lowest BCUT2D eigenvalue weighted by Crippen LogP contribution is -1.98. The summed E-state index contributed by atoms with van der Waals surface area (Å²) in [6, 6.07) is 0. The van der Waals surface area contributed by atoms with Crippen LogP contribution in [0.2, 0.25) is 0 Å². The van der Waals surface area contributed by atoms with E-state index in [0.717, 1.165) is 12.8 Å². The van der Waals surface area contributed by atoms with Crippen molar-refractivity contribution in [2.75, 3.05) is 13.2 Å². The van der Waals surface area contributed by atoms with Crippen molar-refractivity contribution in [2.24, 2.45) is 10.4 Å². The summed E-state index contributed by atoms with van der Waals surface area (Å²) in [5.41, 5.74) is 0. The molecule has 0 aliphatic carbocycles. The lowest BCUT2D eigenvalue weighted by atomic mass is 10.1. The Balaban J connectivity index is 3.04. The van der Waals surface area contributed by atoms with Gasteiger partial charge in [-0.2, -0.15) is 0 Å². The molecule has 0 rings (SSSR count). The van der Waals surface area contributed by atoms with Gasteiger partial charge in [0.15, 0.2) is 6.54 Å². The Kier molecular flexibility index (Phi) is 10.1. The summed E-state index contributed by atoms with van der Waals surface area (Å²) in [5.74, 6) is -0.998. The van der Waals surface area contributed by atoms with E-state index in [1.807, 2.05) is 0 Å². The van der Waals surface area contributed by atoms with Gasteiger partial charge in [-0.1, -0.05) is 32.6 Å². The summed E-state index contributed by atoms with van der Waals surface area (Å²) < 4.78 is 0. The molecule has 0 amide bonds. The number of carbonyl (C=O) groups is 1. The van der Waals surface area contributed by atoms with E-state index in [-0.39, 0.29) is 6.54 Å². The van der Waals surface area contributed by atoms with E-state index in [0.29, 0.717) is 6.61 Å². The molecule has 0 fully saturated rings. The molecular weight excluding hydrogens is 196 g/mol. The summed E-state index contributed by atoms with van der Waals surface area (Å²) >= 11 is 0. The second-order valence-electron chi connectivity index (χ2n) is 3.38. The molecule has 0 unspecified atom stereocenters. The topological polar surface area (TPSA) is 71.2 Å². The Morgan fingerprint density at radius 1 is 1.20 bits per heavy atom. The van der Waals surface area contributed by atoms with Gasteiger partial charge < -0.3 is 9.94 Å². The molecule has 5 nitrogen and oxygen atoms in total. The highest BCUT2D eigenvalue weighted by atomic mass is 16.6. The van der Waals surface area contributed by atoms with Gasteiger partial charge in [0.05, 0.1) is 0 Å². The van der Waals surface area contributed by atoms with Gasteiger partial charge in [0.25, 0.3) is 0 Å². The zero-order valence-corrected chi connectivity index (χ0v) is 9.31. The largest absolute Gasteiger partial charge is 0.480 e. The standard InChI is InChI=1S/C10H20N2O3/c1-2-3-4-5-6-7-8-15-12-11-9-10(13)14/h2-9H2,1H3,(H,13,14)/b12-11+. The molecule has 0 aromatic carbocycles. The van der Waals surface area contributed by atoms with E-state index in [9.17, 15) is 4.79 Å². The predicted octanol–water partition coefficient (Wildman–Crippen LogP) is 2.82. The molecule has 88 valence electrons. The van der Waals surface area contributed by atoms with E-state index in [2.05, 4.69) is 17.3 Å². The quantitative estimate of drug-likeness (QED) is 0.347. The van der Waals surface area contributed by atoms with Crippen molar-refractivity contribution in [3.63, 3.8) is 0 Å². The van der Waals surface area contributed by atoms with Gasteiger partial charge >= 0.3 is 5.97 Å². The smallest absolute Gasteiger partial charge is 0.327 e. The fourth-order valence-electron chi connectivity index (χ4n) is 1.12. The van der Waals surface area contributed by atoms with E-state index in [1.54, 1.807) is 0 Å². The molecule has 0 saturated carbocycles. The lowest BCUT2D eigenvalue weighted by molar-refractivity contribution is -0.135. The highest BCUT2D eigenvalue weighted by molar-refractivity contribution is 5.68. The zero-order valence-electron chi connectivity index (χ0n) is 9.31. The third-order valence-corrected chi connectivity index (χ3v) is 1.91. The van der Waals surface area contributed by atoms with Gasteiger partial charge in [0.1, 0.15) is 6.61 Å². The van der Waals surface area contributed by atoms with Crippen molar-refractivity contribution in [2.45, 2.75) is 45.4 Å². The number of carboxylic acids is 1. The average molecular weight is 216 g/mol. The van der Waals surface area contributed by atoms with Crippen LogP contribution in [0.15, 0.2) is 10.4 Å². The molecule has 0 atom stereocenters. The maximum atomic E-state index is 10.0. The van der Waals surface area contributed by atoms with Gasteiger partial charge in [-0.15, -0.1) is 5.11 Å². The van der Waals surface area contributed by atoms with Crippen LogP contribution in [0.1, 0.15) is 45.4 Å². The lowest BCUT2D eigenvalue weighted by Gasteiger charge is -1.98. The van der Waals surface area contributed by atoms with Gasteiger partial charge in [-0.3, -0.25) is 4.79 Å². The maximum absolute atomic E-state index is 10.0. The molecule has 0 aliphatic rings. The highest BCUT2D eigenvalue weighted by Crippen LogP contribution is 2.04. The van der Waals surface area contributed by atoms with Crippen LogP contribution >= 0.6 is 0 Å². The van der Waals surface area contributed by atoms with Crippen LogP contribution < -0.4 is 0 Å². The fraction of sp³-hybridized carbons (Fsp3) is 0.900. The number of carboxylic acid groups (broad SMARTS) is 1. The van der Waals surface area contributed by atoms with E-state index < -0.39 is 5.97 Å². The molecule has 15 heavy (non-hydrogen) atoms. The van der Waals surface area contributed by atoms with Gasteiger partial charge in [-0.05, 0) is 12.8 Å². The van der Waals surface area contributed by atoms with Crippen LogP contribution in [0, 0.1) is 0 Å². The Morgan fingerprint density at radius 3 is 2.53 bits per heavy atom. The molecule has 5 heteroatoms. The molecule has 0 aromatic heterocycles. The maximum Gasteiger partial charge on any atom is 0.327 e. The van der Waals surface area contributed by atoms with Gasteiger partial charge in [0, 0.05) is 5.28 Å². The Bertz CT molecular complexity index is 184. The van der Waals surface area contributed by atoms with Crippen LogP contribution in [0.4, 0.5) is 0 Å². The number of aliphatic carboxylic acids is 1. The summed E-state index contributed by atoms with van der Waals surface area (Å²) in [6.45, 7) is 2.39. The third kappa shape index (κ3) is 12.9. The number of rotatable bonds is 10. The van der Waals surface area contributed by atoms with E-state index in [4.69, 9.17) is 9.94 Å². The number of hydrogen-bond acceptors (Lipinski definition) is 4. The predicted molar refractivity (Wildman–Crippen MR) is 56.7 cm³/mol. The summed E-state index contributed by atoms with van der Waals surface area (Å²) in [7, 11) is 0. The summed E-state index contributed by atoms with van der Waals surface area (Å²) in [6.07, 6.45) is 7.13. The zero-order chi connectivity index (χ0) is 11.4. The Labute approximate surface area is 90.5 Å². The van der Waals surface area contributed by atoms with Crippen molar-refractivity contribution in [3.05, 3.63) is 0 Å². The van der Waals surface area contributed by atoms with Crippen molar-refractivity contribution >= 4 is 5.97 Å². The average Bonchev–Trinajstić information content (AvgIpc) is 2.20. The first kappa shape index (κ1) is 13.9. The first-order valence-electron chi connectivity index (χ1n) is 5.48. The second kappa shape index (κ2) is 10.9. The fourth-order valence-corrected chi connectivity index (χ4v) is 1.12. The summed E-state index contributed by atoms with van der Waals surface area (Å²) in [4.78, 5) is 14.8. The first-order chi connectivity index (χ1) is 7.27. The van der Waals surface area contributed by atoms with Crippen LogP contribution in [0.5, 0.6) is 0 Å². The molecule has 0 heterocycles. The molecule has 0 aromatic rings. The third-order valence-electron chi connectivity index (χ3n) is 1.91. The molecule has 0 radical (unpaired) electrons. The molecule has 0 aliphatic heterocycles. The SMILES string of the molecule is CCCCCCCCO/N=N/CC(=O)O. The van der Waals surface area contributed by atoms with Gasteiger partial charge in [-0.25, -0.2) is 0 Å². The molecule has 0 saturated heterocycles.